The molecule has 11 heteroatoms. The van der Waals surface area contributed by atoms with Crippen LogP contribution >= 0.6 is 0 Å². The van der Waals surface area contributed by atoms with Gasteiger partial charge in [0.15, 0.2) is 12.4 Å². The van der Waals surface area contributed by atoms with Crippen LogP contribution in [0.3, 0.4) is 0 Å². The smallest absolute Gasteiger partial charge is 0.345 e. The van der Waals surface area contributed by atoms with Crippen molar-refractivity contribution in [3.05, 3.63) is 69.3 Å². The van der Waals surface area contributed by atoms with E-state index in [1.807, 2.05) is 0 Å². The van der Waals surface area contributed by atoms with Gasteiger partial charge < -0.3 is 9.47 Å². The summed E-state index contributed by atoms with van der Waals surface area (Å²) in [6.07, 6.45) is 0. The number of hydrogen-bond acceptors (Lipinski definition) is 8. The third kappa shape index (κ3) is 4.95. The molecular weight excluding hydrogens is 428 g/mol. The van der Waals surface area contributed by atoms with E-state index >= 15 is 0 Å². The number of ketones is 1. The molecule has 0 bridgehead atoms. The molecule has 2 aromatic rings. The molecule has 1 fully saturated rings. The van der Waals surface area contributed by atoms with Gasteiger partial charge in [0, 0.05) is 24.2 Å². The summed E-state index contributed by atoms with van der Waals surface area (Å²) in [6.45, 7) is 2.00. The summed E-state index contributed by atoms with van der Waals surface area (Å²) >= 11 is 0. The minimum absolute atomic E-state index is 0.0401. The van der Waals surface area contributed by atoms with Crippen LogP contribution in [0.25, 0.3) is 0 Å². The van der Waals surface area contributed by atoms with Gasteiger partial charge in [0.1, 0.15) is 5.56 Å². The Morgan fingerprint density at radius 3 is 2.39 bits per heavy atom. The fraction of sp³-hybridized carbons (Fsp3) is 0.300. The number of esters is 1. The number of nitro benzene ring substituents is 1. The highest BCUT2D eigenvalue weighted by Crippen LogP contribution is 2.24. The molecule has 10 nitrogen and oxygen atoms in total. The van der Waals surface area contributed by atoms with Crippen LogP contribution in [0.4, 0.5) is 5.69 Å². The highest BCUT2D eigenvalue weighted by molar-refractivity contribution is 7.89. The monoisotopic (exact) mass is 448 g/mol. The number of nitrogens with zero attached hydrogens (tertiary/aromatic N) is 2. The first kappa shape index (κ1) is 22.5. The second kappa shape index (κ2) is 9.33. The second-order valence-corrected chi connectivity index (χ2v) is 8.71. The number of Topliss-reactive ketones (excluding diaryl/α,β-unsaturated/α-hetero) is 1. The number of carbonyl (C=O) groups is 2. The maximum Gasteiger partial charge on any atom is 0.345 e. The second-order valence-electron chi connectivity index (χ2n) is 6.77. The number of rotatable bonds is 7. The van der Waals surface area contributed by atoms with Crippen LogP contribution in [-0.4, -0.2) is 62.3 Å². The molecule has 1 heterocycles. The molecular formula is C20H20N2O8S. The normalized spacial score (nSPS) is 14.7. The van der Waals surface area contributed by atoms with Crippen molar-refractivity contribution >= 4 is 27.5 Å². The number of nitro groups is 1. The molecule has 2 aromatic carbocycles. The van der Waals surface area contributed by atoms with Gasteiger partial charge in [0.25, 0.3) is 5.69 Å². The summed E-state index contributed by atoms with van der Waals surface area (Å²) in [6, 6.07) is 9.51. The summed E-state index contributed by atoms with van der Waals surface area (Å²) in [5.41, 5.74) is -0.183. The first-order chi connectivity index (χ1) is 14.7. The van der Waals surface area contributed by atoms with Crippen molar-refractivity contribution in [3.8, 4) is 0 Å². The van der Waals surface area contributed by atoms with Crippen molar-refractivity contribution in [2.24, 2.45) is 0 Å². The van der Waals surface area contributed by atoms with Gasteiger partial charge in [-0.2, -0.15) is 4.31 Å². The summed E-state index contributed by atoms with van der Waals surface area (Å²) in [5.74, 6) is -1.56. The number of para-hydroxylation sites is 1. The third-order valence-corrected chi connectivity index (χ3v) is 6.67. The zero-order valence-electron chi connectivity index (χ0n) is 16.6. The number of morpholine rings is 1. The Kier molecular flexibility index (Phi) is 6.78. The van der Waals surface area contributed by atoms with E-state index in [4.69, 9.17) is 9.47 Å². The Balaban J connectivity index is 1.67. The van der Waals surface area contributed by atoms with Crippen molar-refractivity contribution in [3.63, 3.8) is 0 Å². The average Bonchev–Trinajstić information content (AvgIpc) is 2.77. The van der Waals surface area contributed by atoms with Gasteiger partial charge in [0.2, 0.25) is 10.0 Å². The van der Waals surface area contributed by atoms with E-state index < -0.39 is 33.3 Å². The number of carbonyl (C=O) groups excluding carboxylic acids is 2. The van der Waals surface area contributed by atoms with Crippen molar-refractivity contribution in [2.45, 2.75) is 11.8 Å². The molecule has 1 saturated heterocycles. The minimum Gasteiger partial charge on any atom is -0.454 e. The van der Waals surface area contributed by atoms with Gasteiger partial charge in [-0.05, 0) is 37.3 Å². The molecule has 0 aliphatic carbocycles. The number of sulfonamides is 1. The molecule has 0 aromatic heterocycles. The largest absolute Gasteiger partial charge is 0.454 e. The van der Waals surface area contributed by atoms with E-state index in [0.717, 1.165) is 0 Å². The van der Waals surface area contributed by atoms with Crippen molar-refractivity contribution in [1.29, 1.82) is 0 Å². The Hall–Kier alpha value is -3.15. The number of hydrogen-bond donors (Lipinski definition) is 0. The van der Waals surface area contributed by atoms with Crippen molar-refractivity contribution in [1.82, 2.24) is 4.31 Å². The Morgan fingerprint density at radius 1 is 1.13 bits per heavy atom. The van der Waals surface area contributed by atoms with Crippen LogP contribution in [0.1, 0.15) is 26.3 Å². The maximum absolute atomic E-state index is 12.6. The molecule has 3 rings (SSSR count). The Morgan fingerprint density at radius 2 is 1.77 bits per heavy atom. The molecule has 0 atom stereocenters. The zero-order chi connectivity index (χ0) is 22.6. The van der Waals surface area contributed by atoms with Crippen LogP contribution in [0.2, 0.25) is 0 Å². The van der Waals surface area contributed by atoms with Gasteiger partial charge in [0.05, 0.1) is 23.0 Å². The number of benzene rings is 2. The topological polar surface area (TPSA) is 133 Å². The van der Waals surface area contributed by atoms with Gasteiger partial charge >= 0.3 is 5.97 Å². The first-order valence-corrected chi connectivity index (χ1v) is 10.8. The standard InChI is InChI=1S/C20H20N2O8S/c1-14-3-2-4-17(19(14)22(25)26)20(24)30-13-18(23)15-5-7-16(8-6-15)31(27,28)21-9-11-29-12-10-21/h2-8H,9-13H2,1H3. The summed E-state index contributed by atoms with van der Waals surface area (Å²) in [5, 5.41) is 11.2. The lowest BCUT2D eigenvalue weighted by atomic mass is 10.1. The van der Waals surface area contributed by atoms with E-state index in [0.29, 0.717) is 18.8 Å². The number of ether oxygens (including phenoxy) is 2. The van der Waals surface area contributed by atoms with Gasteiger partial charge in [-0.1, -0.05) is 12.1 Å². The van der Waals surface area contributed by atoms with Gasteiger partial charge in [-0.15, -0.1) is 0 Å². The van der Waals surface area contributed by atoms with E-state index in [-0.39, 0.29) is 34.8 Å². The lowest BCUT2D eigenvalue weighted by Gasteiger charge is -2.26. The number of aryl methyl sites for hydroxylation is 1. The van der Waals surface area contributed by atoms with E-state index in [9.17, 15) is 28.1 Å². The Labute approximate surface area is 178 Å². The molecule has 0 radical (unpaired) electrons. The lowest BCUT2D eigenvalue weighted by Crippen LogP contribution is -2.40. The fourth-order valence-electron chi connectivity index (χ4n) is 3.11. The summed E-state index contributed by atoms with van der Waals surface area (Å²) in [7, 11) is -3.69. The minimum atomic E-state index is -3.69. The molecule has 1 aliphatic rings. The van der Waals surface area contributed by atoms with E-state index in [2.05, 4.69) is 0 Å². The molecule has 164 valence electrons. The van der Waals surface area contributed by atoms with Crippen LogP contribution in [-0.2, 0) is 19.5 Å². The predicted molar refractivity (Wildman–Crippen MR) is 108 cm³/mol. The quantitative estimate of drug-likeness (QED) is 0.272. The average molecular weight is 448 g/mol. The predicted octanol–water partition coefficient (Wildman–Crippen LogP) is 1.96. The van der Waals surface area contributed by atoms with E-state index in [1.165, 1.54) is 53.7 Å². The van der Waals surface area contributed by atoms with Crippen LogP contribution in [0.15, 0.2) is 47.4 Å². The SMILES string of the molecule is Cc1cccc(C(=O)OCC(=O)c2ccc(S(=O)(=O)N3CCOCC3)cc2)c1[N+](=O)[O-]. The highest BCUT2D eigenvalue weighted by atomic mass is 32.2. The third-order valence-electron chi connectivity index (χ3n) is 4.76. The molecule has 1 aliphatic heterocycles. The molecule has 0 spiro atoms. The molecule has 0 unspecified atom stereocenters. The molecule has 0 saturated carbocycles. The summed E-state index contributed by atoms with van der Waals surface area (Å²) in [4.78, 5) is 35.2. The maximum atomic E-state index is 12.6. The van der Waals surface area contributed by atoms with Crippen LogP contribution in [0, 0.1) is 17.0 Å². The fourth-order valence-corrected chi connectivity index (χ4v) is 4.51. The van der Waals surface area contributed by atoms with Crippen molar-refractivity contribution in [2.75, 3.05) is 32.9 Å². The van der Waals surface area contributed by atoms with Gasteiger partial charge in [-0.3, -0.25) is 14.9 Å². The lowest BCUT2D eigenvalue weighted by molar-refractivity contribution is -0.385. The first-order valence-electron chi connectivity index (χ1n) is 9.34. The van der Waals surface area contributed by atoms with Gasteiger partial charge in [-0.25, -0.2) is 13.2 Å². The molecule has 0 N–H and O–H groups in total. The van der Waals surface area contributed by atoms with E-state index in [1.54, 1.807) is 0 Å². The van der Waals surface area contributed by atoms with Crippen molar-refractivity contribution < 1.29 is 32.4 Å². The molecule has 31 heavy (non-hydrogen) atoms. The zero-order valence-corrected chi connectivity index (χ0v) is 17.5. The molecule has 0 amide bonds. The van der Waals surface area contributed by atoms with Crippen LogP contribution < -0.4 is 0 Å². The summed E-state index contributed by atoms with van der Waals surface area (Å²) < 4.78 is 36.6. The van der Waals surface area contributed by atoms with Crippen LogP contribution in [0.5, 0.6) is 0 Å². The highest BCUT2D eigenvalue weighted by Gasteiger charge is 2.27. The Bertz CT molecular complexity index is 1110.